The SMILES string of the molecule is Cn1cc2cc(-c3nc4ccc(NCC(F)(F)F)nc4n(-c4ccc(OC(F)F)cc4)c3=O)ccc2n1. The number of nitrogens with zero attached hydrogens (tertiary/aromatic N) is 5. The van der Waals surface area contributed by atoms with Crippen molar-refractivity contribution in [1.82, 2.24) is 24.3 Å². The summed E-state index contributed by atoms with van der Waals surface area (Å²) < 4.78 is 70.5. The van der Waals surface area contributed by atoms with Crippen LogP contribution in [0.4, 0.5) is 27.8 Å². The highest BCUT2D eigenvalue weighted by Crippen LogP contribution is 2.25. The van der Waals surface area contributed by atoms with Crippen LogP contribution < -0.4 is 15.6 Å². The molecule has 0 aliphatic rings. The van der Waals surface area contributed by atoms with Crippen LogP contribution in [-0.4, -0.2) is 43.6 Å². The molecule has 0 radical (unpaired) electrons. The second-order valence-corrected chi connectivity index (χ2v) is 8.06. The van der Waals surface area contributed by atoms with E-state index >= 15 is 0 Å². The Hall–Kier alpha value is -4.55. The quantitative estimate of drug-likeness (QED) is 0.323. The van der Waals surface area contributed by atoms with Crippen LogP contribution in [0, 0.1) is 0 Å². The summed E-state index contributed by atoms with van der Waals surface area (Å²) >= 11 is 0. The molecule has 13 heteroatoms. The van der Waals surface area contributed by atoms with Gasteiger partial charge in [0.15, 0.2) is 5.65 Å². The third kappa shape index (κ3) is 5.06. The zero-order valence-corrected chi connectivity index (χ0v) is 19.0. The maximum Gasteiger partial charge on any atom is 0.405 e. The molecule has 0 spiro atoms. The lowest BCUT2D eigenvalue weighted by molar-refractivity contribution is -0.115. The summed E-state index contributed by atoms with van der Waals surface area (Å²) in [6, 6.07) is 13.1. The molecule has 0 saturated carbocycles. The predicted octanol–water partition coefficient (Wildman–Crippen LogP) is 4.91. The Balaban J connectivity index is 1.69. The van der Waals surface area contributed by atoms with Crippen molar-refractivity contribution in [2.45, 2.75) is 12.8 Å². The predicted molar refractivity (Wildman–Crippen MR) is 126 cm³/mol. The lowest BCUT2D eigenvalue weighted by Crippen LogP contribution is -2.24. The smallest absolute Gasteiger partial charge is 0.405 e. The van der Waals surface area contributed by atoms with E-state index < -0.39 is 24.9 Å². The van der Waals surface area contributed by atoms with E-state index in [1.807, 2.05) is 0 Å². The number of halogens is 5. The first-order valence-electron chi connectivity index (χ1n) is 10.8. The van der Waals surface area contributed by atoms with Crippen molar-refractivity contribution in [1.29, 1.82) is 0 Å². The highest BCUT2D eigenvalue weighted by molar-refractivity contribution is 5.85. The number of ether oxygens (including phenoxy) is 1. The fourth-order valence-electron chi connectivity index (χ4n) is 3.85. The third-order valence-electron chi connectivity index (χ3n) is 5.39. The highest BCUT2D eigenvalue weighted by atomic mass is 19.4. The summed E-state index contributed by atoms with van der Waals surface area (Å²) in [5.41, 5.74) is 1.07. The standard InChI is InChI=1S/C24H17F5N6O2/c1-34-11-14-10-13(2-7-17(14)33-34)20-22(36)35(15-3-5-16(6-4-15)37-23(25)26)21-18(31-20)8-9-19(32-21)30-12-24(27,28)29/h2-11,23H,12H2,1H3,(H,30,32). The van der Waals surface area contributed by atoms with Gasteiger partial charge in [0.25, 0.3) is 5.56 Å². The van der Waals surface area contributed by atoms with E-state index in [0.717, 1.165) is 9.95 Å². The second kappa shape index (κ2) is 9.15. The first kappa shape index (κ1) is 24.2. The van der Waals surface area contributed by atoms with Gasteiger partial charge in [-0.2, -0.15) is 27.1 Å². The van der Waals surface area contributed by atoms with Crippen LogP contribution in [0.2, 0.25) is 0 Å². The molecule has 0 fully saturated rings. The summed E-state index contributed by atoms with van der Waals surface area (Å²) in [5.74, 6) is -0.255. The van der Waals surface area contributed by atoms with Crippen molar-refractivity contribution in [2.75, 3.05) is 11.9 Å². The maximum absolute atomic E-state index is 13.7. The first-order chi connectivity index (χ1) is 17.6. The normalized spacial score (nSPS) is 12.0. The van der Waals surface area contributed by atoms with Gasteiger partial charge in [-0.3, -0.25) is 14.0 Å². The van der Waals surface area contributed by atoms with Gasteiger partial charge in [-0.1, -0.05) is 6.07 Å². The Morgan fingerprint density at radius 1 is 1.00 bits per heavy atom. The van der Waals surface area contributed by atoms with Gasteiger partial charge in [0.1, 0.15) is 29.3 Å². The van der Waals surface area contributed by atoms with Gasteiger partial charge in [-0.25, -0.2) is 9.97 Å². The van der Waals surface area contributed by atoms with Crippen molar-refractivity contribution in [3.63, 3.8) is 0 Å². The van der Waals surface area contributed by atoms with E-state index in [2.05, 4.69) is 25.1 Å². The largest absolute Gasteiger partial charge is 0.435 e. The maximum atomic E-state index is 13.7. The van der Waals surface area contributed by atoms with Crippen LogP contribution in [0.5, 0.6) is 5.75 Å². The van der Waals surface area contributed by atoms with Crippen LogP contribution >= 0.6 is 0 Å². The molecule has 0 aliphatic heterocycles. The molecule has 0 bridgehead atoms. The average molecular weight is 516 g/mol. The second-order valence-electron chi connectivity index (χ2n) is 8.06. The van der Waals surface area contributed by atoms with Crippen molar-refractivity contribution >= 4 is 27.9 Å². The van der Waals surface area contributed by atoms with Crippen LogP contribution in [0.3, 0.4) is 0 Å². The molecule has 190 valence electrons. The van der Waals surface area contributed by atoms with Gasteiger partial charge in [-0.15, -0.1) is 0 Å². The number of alkyl halides is 5. The Labute approximate surface area is 204 Å². The summed E-state index contributed by atoms with van der Waals surface area (Å²) in [6.45, 7) is -4.36. The summed E-state index contributed by atoms with van der Waals surface area (Å²) in [6.07, 6.45) is -2.70. The van der Waals surface area contributed by atoms with Crippen LogP contribution in [0.1, 0.15) is 0 Å². The summed E-state index contributed by atoms with van der Waals surface area (Å²) in [4.78, 5) is 22.4. The Kier molecular flexibility index (Phi) is 5.97. The lowest BCUT2D eigenvalue weighted by Gasteiger charge is -2.14. The first-order valence-corrected chi connectivity index (χ1v) is 10.8. The highest BCUT2D eigenvalue weighted by Gasteiger charge is 2.27. The molecule has 1 N–H and O–H groups in total. The molecule has 8 nitrogen and oxygen atoms in total. The van der Waals surface area contributed by atoms with Crippen molar-refractivity contribution in [3.05, 3.63) is 71.1 Å². The molecule has 0 unspecified atom stereocenters. The fourth-order valence-corrected chi connectivity index (χ4v) is 3.85. The number of nitrogens with one attached hydrogen (secondary N) is 1. The van der Waals surface area contributed by atoms with Gasteiger partial charge in [0, 0.05) is 24.2 Å². The Bertz CT molecular complexity index is 1660. The zero-order valence-electron chi connectivity index (χ0n) is 19.0. The number of benzene rings is 2. The number of fused-ring (bicyclic) bond motifs is 2. The average Bonchev–Trinajstić information content (AvgIpc) is 3.21. The van der Waals surface area contributed by atoms with Crippen molar-refractivity contribution in [2.24, 2.45) is 7.05 Å². The zero-order chi connectivity index (χ0) is 26.3. The topological polar surface area (TPSA) is 86.9 Å². The van der Waals surface area contributed by atoms with E-state index in [4.69, 9.17) is 0 Å². The number of hydrogen-bond donors (Lipinski definition) is 1. The molecule has 0 saturated heterocycles. The molecule has 3 aromatic heterocycles. The van der Waals surface area contributed by atoms with Crippen LogP contribution in [-0.2, 0) is 7.05 Å². The number of pyridine rings is 1. The minimum Gasteiger partial charge on any atom is -0.435 e. The molecule has 0 aliphatic carbocycles. The van der Waals surface area contributed by atoms with Crippen LogP contribution in [0.15, 0.2) is 65.6 Å². The van der Waals surface area contributed by atoms with E-state index in [9.17, 15) is 26.7 Å². The molecule has 0 amide bonds. The third-order valence-corrected chi connectivity index (χ3v) is 5.39. The Morgan fingerprint density at radius 2 is 1.73 bits per heavy atom. The molecular weight excluding hydrogens is 499 g/mol. The lowest BCUT2D eigenvalue weighted by atomic mass is 10.1. The molecule has 0 atom stereocenters. The van der Waals surface area contributed by atoms with Gasteiger partial charge in [0.2, 0.25) is 0 Å². The summed E-state index contributed by atoms with van der Waals surface area (Å²) in [5, 5.41) is 7.26. The summed E-state index contributed by atoms with van der Waals surface area (Å²) in [7, 11) is 1.76. The monoisotopic (exact) mass is 516 g/mol. The van der Waals surface area contributed by atoms with E-state index in [-0.39, 0.29) is 34.1 Å². The van der Waals surface area contributed by atoms with Gasteiger partial charge in [-0.05, 0) is 48.5 Å². The molecule has 5 rings (SSSR count). The molecule has 37 heavy (non-hydrogen) atoms. The molecule has 2 aromatic carbocycles. The number of aromatic nitrogens is 5. The van der Waals surface area contributed by atoms with Gasteiger partial charge in [0.05, 0.1) is 11.2 Å². The molecule has 3 heterocycles. The van der Waals surface area contributed by atoms with Gasteiger partial charge < -0.3 is 10.1 Å². The molecule has 5 aromatic rings. The van der Waals surface area contributed by atoms with Crippen LogP contribution in [0.25, 0.3) is 39.0 Å². The van der Waals surface area contributed by atoms with Crippen molar-refractivity contribution < 1.29 is 26.7 Å². The van der Waals surface area contributed by atoms with Crippen molar-refractivity contribution in [3.8, 4) is 22.7 Å². The van der Waals surface area contributed by atoms with E-state index in [1.165, 1.54) is 36.4 Å². The minimum absolute atomic E-state index is 0.0223. The molecular formula is C24H17F5N6O2. The minimum atomic E-state index is -4.48. The number of aryl methyl sites for hydroxylation is 1. The van der Waals surface area contributed by atoms with Gasteiger partial charge >= 0.3 is 12.8 Å². The van der Waals surface area contributed by atoms with E-state index in [1.54, 1.807) is 36.1 Å². The van der Waals surface area contributed by atoms with E-state index in [0.29, 0.717) is 11.1 Å². The number of anilines is 1. The fraction of sp³-hybridized carbons (Fsp3) is 0.167. The number of rotatable bonds is 6. The number of hydrogen-bond acceptors (Lipinski definition) is 6. The Morgan fingerprint density at radius 3 is 2.43 bits per heavy atom.